The highest BCUT2D eigenvalue weighted by Gasteiger charge is 2.30. The monoisotopic (exact) mass is 454 g/mol. The van der Waals surface area contributed by atoms with Crippen molar-refractivity contribution in [1.29, 1.82) is 0 Å². The SMILES string of the molecule is C=C(NC)C(NC(CCc1ccc(C(F)(F)F)cc1)c1ccc(OC)cc1)c1ccccc1. The van der Waals surface area contributed by atoms with Gasteiger partial charge in [0.15, 0.2) is 0 Å². The fourth-order valence-electron chi connectivity index (χ4n) is 3.74. The number of benzene rings is 3. The molecule has 0 bridgehead atoms. The first-order chi connectivity index (χ1) is 15.8. The van der Waals surface area contributed by atoms with E-state index in [1.54, 1.807) is 19.2 Å². The average Bonchev–Trinajstić information content (AvgIpc) is 2.84. The molecule has 0 amide bonds. The van der Waals surface area contributed by atoms with Gasteiger partial charge in [-0.15, -0.1) is 0 Å². The Bertz CT molecular complexity index is 1020. The predicted octanol–water partition coefficient (Wildman–Crippen LogP) is 6.45. The molecular formula is C27H29F3N2O. The van der Waals surface area contributed by atoms with Gasteiger partial charge in [-0.2, -0.15) is 13.2 Å². The van der Waals surface area contributed by atoms with Crippen molar-refractivity contribution in [2.45, 2.75) is 31.1 Å². The van der Waals surface area contributed by atoms with Crippen LogP contribution >= 0.6 is 0 Å². The largest absolute Gasteiger partial charge is 0.497 e. The smallest absolute Gasteiger partial charge is 0.416 e. The molecule has 0 spiro atoms. The van der Waals surface area contributed by atoms with E-state index in [9.17, 15) is 13.2 Å². The van der Waals surface area contributed by atoms with Crippen molar-refractivity contribution in [3.8, 4) is 5.75 Å². The van der Waals surface area contributed by atoms with Crippen LogP contribution in [0.25, 0.3) is 0 Å². The molecule has 174 valence electrons. The lowest BCUT2D eigenvalue weighted by Crippen LogP contribution is -2.31. The third kappa shape index (κ3) is 6.62. The number of methoxy groups -OCH3 is 1. The van der Waals surface area contributed by atoms with Gasteiger partial charge in [0, 0.05) is 18.8 Å². The summed E-state index contributed by atoms with van der Waals surface area (Å²) in [6.45, 7) is 4.17. The lowest BCUT2D eigenvalue weighted by atomic mass is 9.95. The van der Waals surface area contributed by atoms with Crippen LogP contribution in [0.4, 0.5) is 13.2 Å². The number of nitrogens with one attached hydrogen (secondary N) is 2. The van der Waals surface area contributed by atoms with Gasteiger partial charge in [0.05, 0.1) is 18.7 Å². The van der Waals surface area contributed by atoms with Gasteiger partial charge in [0.1, 0.15) is 5.75 Å². The standard InChI is InChI=1S/C27H29F3N2O/c1-19(31-2)26(22-7-5-4-6-8-22)32-25(21-12-16-24(33-3)17-13-21)18-11-20-9-14-23(15-10-20)27(28,29)30/h4-10,12-17,25-26,31-32H,1,11,18H2,2-3H3. The number of rotatable bonds is 10. The van der Waals surface area contributed by atoms with Crippen molar-refractivity contribution in [3.63, 3.8) is 0 Å². The van der Waals surface area contributed by atoms with E-state index in [2.05, 4.69) is 17.2 Å². The molecule has 0 fully saturated rings. The van der Waals surface area contributed by atoms with Gasteiger partial charge in [-0.1, -0.05) is 61.2 Å². The first kappa shape index (κ1) is 24.4. The molecule has 0 aliphatic heterocycles. The molecule has 2 N–H and O–H groups in total. The van der Waals surface area contributed by atoms with Crippen molar-refractivity contribution in [2.24, 2.45) is 0 Å². The molecule has 0 radical (unpaired) electrons. The van der Waals surface area contributed by atoms with Crippen molar-refractivity contribution in [2.75, 3.05) is 14.2 Å². The molecule has 3 rings (SSSR count). The molecule has 33 heavy (non-hydrogen) atoms. The van der Waals surface area contributed by atoms with Crippen LogP contribution in [0.5, 0.6) is 5.75 Å². The lowest BCUT2D eigenvalue weighted by Gasteiger charge is -2.28. The van der Waals surface area contributed by atoms with Gasteiger partial charge in [-0.25, -0.2) is 0 Å². The Morgan fingerprint density at radius 3 is 2.09 bits per heavy atom. The van der Waals surface area contributed by atoms with E-state index in [-0.39, 0.29) is 12.1 Å². The van der Waals surface area contributed by atoms with E-state index < -0.39 is 11.7 Å². The van der Waals surface area contributed by atoms with Gasteiger partial charge in [-0.05, 0) is 53.8 Å². The minimum Gasteiger partial charge on any atom is -0.497 e. The molecular weight excluding hydrogens is 425 g/mol. The van der Waals surface area contributed by atoms with Crippen molar-refractivity contribution >= 4 is 0 Å². The number of likely N-dealkylation sites (N-methyl/N-ethyl adjacent to an activating group) is 1. The maximum Gasteiger partial charge on any atom is 0.416 e. The highest BCUT2D eigenvalue weighted by Crippen LogP contribution is 2.31. The van der Waals surface area contributed by atoms with E-state index in [0.29, 0.717) is 12.8 Å². The molecule has 0 aliphatic rings. The Morgan fingerprint density at radius 1 is 0.909 bits per heavy atom. The zero-order valence-corrected chi connectivity index (χ0v) is 18.8. The zero-order chi connectivity index (χ0) is 23.8. The summed E-state index contributed by atoms with van der Waals surface area (Å²) in [6, 6.07) is 23.0. The predicted molar refractivity (Wildman–Crippen MR) is 126 cm³/mol. The van der Waals surface area contributed by atoms with E-state index in [0.717, 1.165) is 40.3 Å². The lowest BCUT2D eigenvalue weighted by molar-refractivity contribution is -0.137. The van der Waals surface area contributed by atoms with Crippen LogP contribution < -0.4 is 15.4 Å². The summed E-state index contributed by atoms with van der Waals surface area (Å²) >= 11 is 0. The van der Waals surface area contributed by atoms with Crippen LogP contribution in [0.1, 0.15) is 40.8 Å². The van der Waals surface area contributed by atoms with Gasteiger partial charge < -0.3 is 10.1 Å². The number of halogens is 3. The minimum absolute atomic E-state index is 0.0616. The summed E-state index contributed by atoms with van der Waals surface area (Å²) in [5.41, 5.74) is 3.18. The van der Waals surface area contributed by atoms with Crippen LogP contribution in [0.15, 0.2) is 91.1 Å². The number of alkyl halides is 3. The maximum absolute atomic E-state index is 12.9. The quantitative estimate of drug-likeness (QED) is 0.369. The van der Waals surface area contributed by atoms with Gasteiger partial charge in [0.2, 0.25) is 0 Å². The summed E-state index contributed by atoms with van der Waals surface area (Å²) in [6.07, 6.45) is -3.02. The van der Waals surface area contributed by atoms with E-state index in [1.807, 2.05) is 61.6 Å². The minimum atomic E-state index is -4.33. The summed E-state index contributed by atoms with van der Waals surface area (Å²) in [7, 11) is 3.46. The summed E-state index contributed by atoms with van der Waals surface area (Å²) in [5.74, 6) is 0.763. The fraction of sp³-hybridized carbons (Fsp3) is 0.259. The molecule has 2 unspecified atom stereocenters. The van der Waals surface area contributed by atoms with E-state index in [1.165, 1.54) is 0 Å². The Labute approximate surface area is 193 Å². The van der Waals surface area contributed by atoms with Crippen molar-refractivity contribution in [3.05, 3.63) is 113 Å². The number of hydrogen-bond donors (Lipinski definition) is 2. The second-order valence-corrected chi connectivity index (χ2v) is 7.84. The first-order valence-electron chi connectivity index (χ1n) is 10.8. The first-order valence-corrected chi connectivity index (χ1v) is 10.8. The second kappa shape index (κ2) is 11.1. The molecule has 6 heteroatoms. The Morgan fingerprint density at radius 2 is 1.55 bits per heavy atom. The van der Waals surface area contributed by atoms with Crippen LogP contribution in [0.2, 0.25) is 0 Å². The number of ether oxygens (including phenoxy) is 1. The molecule has 2 atom stereocenters. The van der Waals surface area contributed by atoms with Crippen molar-refractivity contribution in [1.82, 2.24) is 10.6 Å². The summed E-state index contributed by atoms with van der Waals surface area (Å²) in [5, 5.41) is 6.85. The number of hydrogen-bond acceptors (Lipinski definition) is 3. The third-order valence-corrected chi connectivity index (χ3v) is 5.69. The highest BCUT2D eigenvalue weighted by molar-refractivity contribution is 5.32. The van der Waals surface area contributed by atoms with Crippen LogP contribution in [-0.4, -0.2) is 14.2 Å². The number of aryl methyl sites for hydroxylation is 1. The molecule has 0 saturated heterocycles. The summed E-state index contributed by atoms with van der Waals surface area (Å²) in [4.78, 5) is 0. The Kier molecular flexibility index (Phi) is 8.17. The Balaban J connectivity index is 1.84. The average molecular weight is 455 g/mol. The van der Waals surface area contributed by atoms with Crippen LogP contribution in [-0.2, 0) is 12.6 Å². The van der Waals surface area contributed by atoms with Crippen molar-refractivity contribution < 1.29 is 17.9 Å². The van der Waals surface area contributed by atoms with E-state index >= 15 is 0 Å². The van der Waals surface area contributed by atoms with Crippen LogP contribution in [0, 0.1) is 0 Å². The fourth-order valence-corrected chi connectivity index (χ4v) is 3.74. The maximum atomic E-state index is 12.9. The summed E-state index contributed by atoms with van der Waals surface area (Å²) < 4.78 is 44.0. The molecule has 0 heterocycles. The van der Waals surface area contributed by atoms with Gasteiger partial charge in [0.25, 0.3) is 0 Å². The van der Waals surface area contributed by atoms with E-state index in [4.69, 9.17) is 4.74 Å². The van der Waals surface area contributed by atoms with Crippen LogP contribution in [0.3, 0.4) is 0 Å². The molecule has 3 aromatic carbocycles. The van der Waals surface area contributed by atoms with Gasteiger partial charge in [-0.3, -0.25) is 5.32 Å². The molecule has 0 aromatic heterocycles. The molecule has 3 aromatic rings. The molecule has 0 aliphatic carbocycles. The normalized spacial score (nSPS) is 13.2. The van der Waals surface area contributed by atoms with Gasteiger partial charge >= 0.3 is 6.18 Å². The molecule has 0 saturated carbocycles. The highest BCUT2D eigenvalue weighted by atomic mass is 19.4. The molecule has 3 nitrogen and oxygen atoms in total. The topological polar surface area (TPSA) is 33.3 Å². The second-order valence-electron chi connectivity index (χ2n) is 7.84. The Hall–Kier alpha value is -3.25. The zero-order valence-electron chi connectivity index (χ0n) is 18.8. The third-order valence-electron chi connectivity index (χ3n) is 5.69.